The van der Waals surface area contributed by atoms with Gasteiger partial charge in [0.25, 0.3) is 5.91 Å². The summed E-state index contributed by atoms with van der Waals surface area (Å²) < 4.78 is 0.885. The van der Waals surface area contributed by atoms with Gasteiger partial charge >= 0.3 is 0 Å². The maximum absolute atomic E-state index is 12.8. The highest BCUT2D eigenvalue weighted by atomic mass is 79.9. The van der Waals surface area contributed by atoms with Crippen molar-refractivity contribution in [2.75, 3.05) is 16.8 Å². The van der Waals surface area contributed by atoms with E-state index in [0.29, 0.717) is 35.1 Å². The molecule has 0 spiro atoms. The molecule has 1 aliphatic heterocycles. The molecule has 2 aromatic carbocycles. The molecule has 0 unspecified atom stereocenters. The van der Waals surface area contributed by atoms with Crippen LogP contribution in [0, 0.1) is 0 Å². The maximum Gasteiger partial charge on any atom is 0.273 e. The van der Waals surface area contributed by atoms with Gasteiger partial charge in [-0.05, 0) is 36.8 Å². The molecule has 0 atom stereocenters. The zero-order valence-corrected chi connectivity index (χ0v) is 16.0. The van der Waals surface area contributed by atoms with Crippen LogP contribution in [0.4, 0.5) is 11.4 Å². The molecule has 3 aromatic rings. The number of rotatable bonds is 3. The number of aromatic amines is 1. The zero-order valence-electron chi connectivity index (χ0n) is 13.7. The van der Waals surface area contributed by atoms with E-state index in [1.54, 1.807) is 11.0 Å². The van der Waals surface area contributed by atoms with Crippen LogP contribution in [0.5, 0.6) is 0 Å². The molecule has 1 aromatic heterocycles. The van der Waals surface area contributed by atoms with Gasteiger partial charge in [0.15, 0.2) is 0 Å². The Morgan fingerprint density at radius 1 is 1.23 bits per heavy atom. The van der Waals surface area contributed by atoms with Gasteiger partial charge in [0.2, 0.25) is 5.91 Å². The van der Waals surface area contributed by atoms with E-state index < -0.39 is 0 Å². The first-order valence-corrected chi connectivity index (χ1v) is 9.39. The molecule has 1 fully saturated rings. The van der Waals surface area contributed by atoms with Crippen LogP contribution in [0.3, 0.4) is 0 Å². The van der Waals surface area contributed by atoms with Crippen LogP contribution in [0.1, 0.15) is 23.3 Å². The van der Waals surface area contributed by atoms with Gasteiger partial charge in [0, 0.05) is 28.3 Å². The van der Waals surface area contributed by atoms with Crippen molar-refractivity contribution in [3.8, 4) is 0 Å². The average molecular weight is 433 g/mol. The molecule has 0 bridgehead atoms. The number of nitrogens with one attached hydrogen (secondary N) is 2. The van der Waals surface area contributed by atoms with Crippen molar-refractivity contribution in [3.05, 3.63) is 57.7 Å². The SMILES string of the molecule is O=C(Nc1ccccc1N1CCCC1=O)c1[nH]c2ccc(Br)cc2c1Cl. The number of para-hydroxylation sites is 2. The minimum absolute atomic E-state index is 0.0696. The van der Waals surface area contributed by atoms with E-state index in [2.05, 4.69) is 26.2 Å². The zero-order chi connectivity index (χ0) is 18.3. The summed E-state index contributed by atoms with van der Waals surface area (Å²) in [5, 5.41) is 4.02. The molecule has 1 saturated heterocycles. The second-order valence-corrected chi connectivity index (χ2v) is 7.42. The molecular weight excluding hydrogens is 418 g/mol. The Morgan fingerprint density at radius 2 is 2.04 bits per heavy atom. The third kappa shape index (κ3) is 2.99. The number of H-pyrrole nitrogens is 1. The highest BCUT2D eigenvalue weighted by molar-refractivity contribution is 9.10. The topological polar surface area (TPSA) is 65.2 Å². The van der Waals surface area contributed by atoms with E-state index >= 15 is 0 Å². The van der Waals surface area contributed by atoms with Crippen molar-refractivity contribution in [3.63, 3.8) is 0 Å². The fourth-order valence-electron chi connectivity index (χ4n) is 3.19. The van der Waals surface area contributed by atoms with Crippen LogP contribution in [0.15, 0.2) is 46.9 Å². The Labute approximate surface area is 163 Å². The monoisotopic (exact) mass is 431 g/mol. The predicted molar refractivity (Wildman–Crippen MR) is 107 cm³/mol. The summed E-state index contributed by atoms with van der Waals surface area (Å²) in [4.78, 5) is 29.6. The Morgan fingerprint density at radius 3 is 2.81 bits per heavy atom. The number of nitrogens with zero attached hydrogens (tertiary/aromatic N) is 1. The van der Waals surface area contributed by atoms with Crippen molar-refractivity contribution < 1.29 is 9.59 Å². The molecule has 0 radical (unpaired) electrons. The first kappa shape index (κ1) is 17.1. The first-order valence-electron chi connectivity index (χ1n) is 8.22. The number of carbonyl (C=O) groups excluding carboxylic acids is 2. The Kier molecular flexibility index (Phi) is 4.46. The smallest absolute Gasteiger partial charge is 0.273 e. The Balaban J connectivity index is 1.67. The molecule has 2 heterocycles. The summed E-state index contributed by atoms with van der Waals surface area (Å²) in [6.45, 7) is 0.660. The van der Waals surface area contributed by atoms with Gasteiger partial charge in [0.05, 0.1) is 16.4 Å². The van der Waals surface area contributed by atoms with Gasteiger partial charge in [-0.1, -0.05) is 39.7 Å². The molecule has 2 amide bonds. The Hall–Kier alpha value is -2.31. The molecule has 0 aliphatic carbocycles. The first-order chi connectivity index (χ1) is 12.5. The molecule has 26 heavy (non-hydrogen) atoms. The minimum Gasteiger partial charge on any atom is -0.349 e. The van der Waals surface area contributed by atoms with Crippen molar-refractivity contribution in [1.29, 1.82) is 0 Å². The summed E-state index contributed by atoms with van der Waals surface area (Å²) in [7, 11) is 0. The highest BCUT2D eigenvalue weighted by Crippen LogP contribution is 2.32. The second-order valence-electron chi connectivity index (χ2n) is 6.12. The summed E-state index contributed by atoms with van der Waals surface area (Å²) in [6.07, 6.45) is 1.36. The van der Waals surface area contributed by atoms with Gasteiger partial charge in [-0.2, -0.15) is 0 Å². The van der Waals surface area contributed by atoms with Crippen molar-refractivity contribution >= 4 is 61.6 Å². The normalized spacial score (nSPS) is 14.2. The molecule has 2 N–H and O–H groups in total. The van der Waals surface area contributed by atoms with Crippen LogP contribution in [0.25, 0.3) is 10.9 Å². The summed E-state index contributed by atoms with van der Waals surface area (Å²) >= 11 is 9.81. The second kappa shape index (κ2) is 6.78. The number of benzene rings is 2. The van der Waals surface area contributed by atoms with E-state index in [9.17, 15) is 9.59 Å². The van der Waals surface area contributed by atoms with Crippen LogP contribution in [-0.2, 0) is 4.79 Å². The van der Waals surface area contributed by atoms with Crippen LogP contribution < -0.4 is 10.2 Å². The number of hydrogen-bond donors (Lipinski definition) is 2. The minimum atomic E-state index is -0.346. The fraction of sp³-hybridized carbons (Fsp3) is 0.158. The molecule has 1 aliphatic rings. The summed E-state index contributed by atoms with van der Waals surface area (Å²) in [5.74, 6) is -0.276. The van der Waals surface area contributed by atoms with E-state index in [-0.39, 0.29) is 11.8 Å². The number of amides is 2. The number of hydrogen-bond acceptors (Lipinski definition) is 2. The van der Waals surface area contributed by atoms with E-state index in [4.69, 9.17) is 11.6 Å². The number of aromatic nitrogens is 1. The van der Waals surface area contributed by atoms with E-state index in [1.165, 1.54) is 0 Å². The van der Waals surface area contributed by atoms with E-state index in [0.717, 1.165) is 21.8 Å². The standard InChI is InChI=1S/C19H15BrClN3O2/c20-11-7-8-13-12(10-11)17(21)18(22-13)19(26)23-14-4-1-2-5-15(14)24-9-3-6-16(24)25/h1-2,4-5,7-8,10,22H,3,6,9H2,(H,23,26). The third-order valence-corrected chi connectivity index (χ3v) is 5.33. The van der Waals surface area contributed by atoms with Crippen molar-refractivity contribution in [2.24, 2.45) is 0 Å². The Bertz CT molecular complexity index is 1030. The largest absolute Gasteiger partial charge is 0.349 e. The number of halogens is 2. The molecule has 5 nitrogen and oxygen atoms in total. The predicted octanol–water partition coefficient (Wildman–Crippen LogP) is 4.96. The van der Waals surface area contributed by atoms with Gasteiger partial charge in [-0.15, -0.1) is 0 Å². The summed E-state index contributed by atoms with van der Waals surface area (Å²) in [5.41, 5.74) is 2.37. The molecule has 4 rings (SSSR count). The van der Waals surface area contributed by atoms with E-state index in [1.807, 2.05) is 36.4 Å². The lowest BCUT2D eigenvalue weighted by atomic mass is 10.2. The molecule has 0 saturated carbocycles. The lowest BCUT2D eigenvalue weighted by Crippen LogP contribution is -2.25. The van der Waals surface area contributed by atoms with Crippen LogP contribution in [-0.4, -0.2) is 23.3 Å². The maximum atomic E-state index is 12.8. The van der Waals surface area contributed by atoms with Crippen LogP contribution >= 0.6 is 27.5 Å². The quantitative estimate of drug-likeness (QED) is 0.614. The number of anilines is 2. The fourth-order valence-corrected chi connectivity index (χ4v) is 3.84. The highest BCUT2D eigenvalue weighted by Gasteiger charge is 2.25. The number of fused-ring (bicyclic) bond motifs is 1. The van der Waals surface area contributed by atoms with Gasteiger partial charge < -0.3 is 15.2 Å². The van der Waals surface area contributed by atoms with Gasteiger partial charge in [0.1, 0.15) is 5.69 Å². The van der Waals surface area contributed by atoms with Crippen molar-refractivity contribution in [2.45, 2.75) is 12.8 Å². The number of carbonyl (C=O) groups is 2. The van der Waals surface area contributed by atoms with Crippen LogP contribution in [0.2, 0.25) is 5.02 Å². The molecular formula is C19H15BrClN3O2. The molecule has 132 valence electrons. The molecule has 7 heteroatoms. The van der Waals surface area contributed by atoms with Crippen molar-refractivity contribution in [1.82, 2.24) is 4.98 Å². The average Bonchev–Trinajstić information content (AvgIpc) is 3.19. The summed E-state index contributed by atoms with van der Waals surface area (Å²) in [6, 6.07) is 12.9. The third-order valence-electron chi connectivity index (χ3n) is 4.44. The van der Waals surface area contributed by atoms with Gasteiger partial charge in [-0.3, -0.25) is 9.59 Å². The lowest BCUT2D eigenvalue weighted by Gasteiger charge is -2.19. The lowest BCUT2D eigenvalue weighted by molar-refractivity contribution is -0.117. The van der Waals surface area contributed by atoms with Gasteiger partial charge in [-0.25, -0.2) is 0 Å².